The molecule has 0 fully saturated rings. The normalized spacial score (nSPS) is 9.00. The average Bonchev–Trinajstić information content (AvgIpc) is 2.17. The van der Waals surface area contributed by atoms with E-state index in [1.807, 2.05) is 6.07 Å². The molecule has 1 aromatic rings. The lowest BCUT2D eigenvalue weighted by Crippen LogP contribution is -1.95. The molecule has 0 aliphatic rings. The van der Waals surface area contributed by atoms with Crippen LogP contribution in [0.15, 0.2) is 12.1 Å². The first kappa shape index (κ1) is 9.33. The number of hydrogen-bond donors (Lipinski definition) is 0. The van der Waals surface area contributed by atoms with E-state index >= 15 is 0 Å². The molecule has 0 bridgehead atoms. The first-order valence-corrected chi connectivity index (χ1v) is 3.76. The van der Waals surface area contributed by atoms with Crippen molar-refractivity contribution in [3.05, 3.63) is 17.8 Å². The highest BCUT2D eigenvalue weighted by molar-refractivity contribution is 5.31. The third-order valence-corrected chi connectivity index (χ3v) is 1.53. The third-order valence-electron chi connectivity index (χ3n) is 1.53. The second kappa shape index (κ2) is 4.31. The molecule has 4 nitrogen and oxygen atoms in total. The second-order valence-electron chi connectivity index (χ2n) is 2.38. The predicted molar refractivity (Wildman–Crippen MR) is 46.7 cm³/mol. The molecule has 4 heteroatoms. The summed E-state index contributed by atoms with van der Waals surface area (Å²) in [5.41, 5.74) is 0.652. The Morgan fingerprint density at radius 2 is 2.15 bits per heavy atom. The number of methoxy groups -OCH3 is 2. The van der Waals surface area contributed by atoms with Crippen molar-refractivity contribution in [3.63, 3.8) is 0 Å². The van der Waals surface area contributed by atoms with Crippen LogP contribution >= 0.6 is 0 Å². The van der Waals surface area contributed by atoms with Crippen molar-refractivity contribution in [1.29, 1.82) is 5.26 Å². The molecule has 0 N–H and O–H groups in total. The van der Waals surface area contributed by atoms with Gasteiger partial charge in [-0.05, 0) is 0 Å². The maximum Gasteiger partial charge on any atom is 0.216 e. The van der Waals surface area contributed by atoms with Gasteiger partial charge in [0, 0.05) is 12.1 Å². The number of ether oxygens (including phenoxy) is 2. The lowest BCUT2D eigenvalue weighted by Gasteiger charge is -2.04. The molecular weight excluding hydrogens is 168 g/mol. The number of pyridine rings is 1. The Labute approximate surface area is 76.7 Å². The van der Waals surface area contributed by atoms with E-state index in [-0.39, 0.29) is 6.42 Å². The Balaban J connectivity index is 3.01. The van der Waals surface area contributed by atoms with E-state index in [4.69, 9.17) is 14.7 Å². The molecule has 0 radical (unpaired) electrons. The van der Waals surface area contributed by atoms with Crippen molar-refractivity contribution in [2.75, 3.05) is 14.2 Å². The predicted octanol–water partition coefficient (Wildman–Crippen LogP) is 1.16. The zero-order valence-corrected chi connectivity index (χ0v) is 7.57. The lowest BCUT2D eigenvalue weighted by molar-refractivity contribution is 0.381. The average molecular weight is 178 g/mol. The van der Waals surface area contributed by atoms with E-state index in [9.17, 15) is 0 Å². The smallest absolute Gasteiger partial charge is 0.216 e. The van der Waals surface area contributed by atoms with Gasteiger partial charge >= 0.3 is 0 Å². The van der Waals surface area contributed by atoms with Gasteiger partial charge in [-0.1, -0.05) is 0 Å². The number of rotatable bonds is 3. The molecule has 0 spiro atoms. The van der Waals surface area contributed by atoms with Gasteiger partial charge in [0.15, 0.2) is 0 Å². The van der Waals surface area contributed by atoms with Gasteiger partial charge in [0.1, 0.15) is 5.75 Å². The van der Waals surface area contributed by atoms with Crippen molar-refractivity contribution in [1.82, 2.24) is 4.98 Å². The zero-order valence-electron chi connectivity index (χ0n) is 7.57. The minimum atomic E-state index is 0.257. The van der Waals surface area contributed by atoms with Gasteiger partial charge in [-0.25, -0.2) is 4.98 Å². The number of nitriles is 1. The van der Waals surface area contributed by atoms with Crippen molar-refractivity contribution in [2.45, 2.75) is 6.42 Å². The van der Waals surface area contributed by atoms with E-state index in [0.29, 0.717) is 17.3 Å². The highest BCUT2D eigenvalue weighted by Gasteiger charge is 2.02. The van der Waals surface area contributed by atoms with Crippen LogP contribution in [0.2, 0.25) is 0 Å². The van der Waals surface area contributed by atoms with Gasteiger partial charge in [-0.15, -0.1) is 0 Å². The Morgan fingerprint density at radius 3 is 2.69 bits per heavy atom. The van der Waals surface area contributed by atoms with Gasteiger partial charge < -0.3 is 9.47 Å². The van der Waals surface area contributed by atoms with Crippen LogP contribution in [0, 0.1) is 11.3 Å². The first-order valence-electron chi connectivity index (χ1n) is 3.76. The van der Waals surface area contributed by atoms with Gasteiger partial charge in [0.2, 0.25) is 5.88 Å². The van der Waals surface area contributed by atoms with Crippen LogP contribution in [-0.2, 0) is 6.42 Å². The van der Waals surface area contributed by atoms with Crippen LogP contribution in [0.5, 0.6) is 11.6 Å². The maximum atomic E-state index is 8.48. The van der Waals surface area contributed by atoms with Crippen LogP contribution < -0.4 is 9.47 Å². The summed E-state index contributed by atoms with van der Waals surface area (Å²) in [6.07, 6.45) is 0.257. The van der Waals surface area contributed by atoms with E-state index in [1.165, 1.54) is 7.11 Å². The SMILES string of the molecule is COc1cc(CC#N)nc(OC)c1. The molecular formula is C9H10N2O2. The molecule has 0 aliphatic heterocycles. The van der Waals surface area contributed by atoms with Crippen LogP contribution in [-0.4, -0.2) is 19.2 Å². The second-order valence-corrected chi connectivity index (χ2v) is 2.38. The summed E-state index contributed by atoms with van der Waals surface area (Å²) < 4.78 is 9.96. The number of aromatic nitrogens is 1. The van der Waals surface area contributed by atoms with E-state index in [1.54, 1.807) is 19.2 Å². The fourth-order valence-corrected chi connectivity index (χ4v) is 0.928. The minimum absolute atomic E-state index is 0.257. The number of hydrogen-bond acceptors (Lipinski definition) is 4. The van der Waals surface area contributed by atoms with Crippen molar-refractivity contribution < 1.29 is 9.47 Å². The van der Waals surface area contributed by atoms with Gasteiger partial charge in [-0.2, -0.15) is 5.26 Å². The van der Waals surface area contributed by atoms with E-state index in [0.717, 1.165) is 0 Å². The standard InChI is InChI=1S/C9H10N2O2/c1-12-8-5-7(3-4-10)11-9(6-8)13-2/h5-6H,3H2,1-2H3. The topological polar surface area (TPSA) is 55.1 Å². The fraction of sp³-hybridized carbons (Fsp3) is 0.333. The highest BCUT2D eigenvalue weighted by atomic mass is 16.5. The summed E-state index contributed by atoms with van der Waals surface area (Å²) in [5.74, 6) is 1.11. The molecule has 0 amide bonds. The summed E-state index contributed by atoms with van der Waals surface area (Å²) in [6.45, 7) is 0. The van der Waals surface area contributed by atoms with Crippen LogP contribution in [0.4, 0.5) is 0 Å². The summed E-state index contributed by atoms with van der Waals surface area (Å²) in [4.78, 5) is 4.06. The van der Waals surface area contributed by atoms with Crippen LogP contribution in [0.3, 0.4) is 0 Å². The monoisotopic (exact) mass is 178 g/mol. The Kier molecular flexibility index (Phi) is 3.09. The lowest BCUT2D eigenvalue weighted by atomic mass is 10.3. The summed E-state index contributed by atoms with van der Waals surface area (Å²) in [6, 6.07) is 5.39. The molecule has 0 saturated heterocycles. The molecule has 1 rings (SSSR count). The van der Waals surface area contributed by atoms with E-state index < -0.39 is 0 Å². The molecule has 13 heavy (non-hydrogen) atoms. The molecule has 0 atom stereocenters. The van der Waals surface area contributed by atoms with Gasteiger partial charge in [0.05, 0.1) is 32.4 Å². The quantitative estimate of drug-likeness (QED) is 0.697. The largest absolute Gasteiger partial charge is 0.496 e. The maximum absolute atomic E-state index is 8.48. The highest BCUT2D eigenvalue weighted by Crippen LogP contribution is 2.18. The number of nitrogens with zero attached hydrogens (tertiary/aromatic N) is 2. The third kappa shape index (κ3) is 2.34. The Bertz CT molecular complexity index is 309. The van der Waals surface area contributed by atoms with Gasteiger partial charge in [-0.3, -0.25) is 0 Å². The molecule has 0 saturated carbocycles. The Morgan fingerprint density at radius 1 is 1.38 bits per heavy atom. The van der Waals surface area contributed by atoms with E-state index in [2.05, 4.69) is 4.98 Å². The van der Waals surface area contributed by atoms with Crippen LogP contribution in [0.25, 0.3) is 0 Å². The van der Waals surface area contributed by atoms with Crippen LogP contribution in [0.1, 0.15) is 5.69 Å². The van der Waals surface area contributed by atoms with Crippen molar-refractivity contribution in [3.8, 4) is 17.7 Å². The molecule has 0 aromatic carbocycles. The van der Waals surface area contributed by atoms with Crippen molar-refractivity contribution >= 4 is 0 Å². The summed E-state index contributed by atoms with van der Waals surface area (Å²) in [7, 11) is 3.09. The molecule has 0 aliphatic carbocycles. The minimum Gasteiger partial charge on any atom is -0.496 e. The summed E-state index contributed by atoms with van der Waals surface area (Å²) in [5, 5.41) is 8.48. The fourth-order valence-electron chi connectivity index (χ4n) is 0.928. The first-order chi connectivity index (χ1) is 6.30. The molecule has 68 valence electrons. The molecule has 1 heterocycles. The van der Waals surface area contributed by atoms with Crippen molar-refractivity contribution in [2.24, 2.45) is 0 Å². The van der Waals surface area contributed by atoms with Gasteiger partial charge in [0.25, 0.3) is 0 Å². The molecule has 1 aromatic heterocycles. The summed E-state index contributed by atoms with van der Waals surface area (Å²) >= 11 is 0. The Hall–Kier alpha value is -1.76. The zero-order chi connectivity index (χ0) is 9.68. The molecule has 0 unspecified atom stereocenters.